The number of nitrogens with one attached hydrogen (secondary N) is 1. The van der Waals surface area contributed by atoms with Crippen LogP contribution in [0, 0.1) is 0 Å². The lowest BCUT2D eigenvalue weighted by atomic mass is 10.1. The van der Waals surface area contributed by atoms with Crippen molar-refractivity contribution < 1.29 is 9.52 Å². The summed E-state index contributed by atoms with van der Waals surface area (Å²) in [6.45, 7) is 1.91. The molecule has 0 fully saturated rings. The highest BCUT2D eigenvalue weighted by molar-refractivity contribution is 5.61. The molecule has 4 nitrogen and oxygen atoms in total. The summed E-state index contributed by atoms with van der Waals surface area (Å²) in [5, 5.41) is 9.14. The third-order valence-corrected chi connectivity index (χ3v) is 2.20. The highest BCUT2D eigenvalue weighted by Gasteiger charge is 2.09. The number of benzene rings is 1. The normalized spacial score (nSPS) is 10.5. The zero-order chi connectivity index (χ0) is 10.8. The molecule has 0 bridgehead atoms. The first kappa shape index (κ1) is 9.58. The highest BCUT2D eigenvalue weighted by Crippen LogP contribution is 2.22. The van der Waals surface area contributed by atoms with E-state index in [2.05, 4.69) is 4.98 Å². The quantitative estimate of drug-likeness (QED) is 0.786. The molecule has 0 aliphatic rings. The second-order valence-electron chi connectivity index (χ2n) is 3.21. The molecule has 0 unspecified atom stereocenters. The second kappa shape index (κ2) is 3.65. The van der Waals surface area contributed by atoms with Gasteiger partial charge in [-0.05, 0) is 24.3 Å². The zero-order valence-electron chi connectivity index (χ0n) is 8.28. The molecule has 0 amide bonds. The summed E-state index contributed by atoms with van der Waals surface area (Å²) in [7, 11) is 0. The fourth-order valence-corrected chi connectivity index (χ4v) is 1.47. The van der Waals surface area contributed by atoms with Crippen LogP contribution < -0.4 is 5.76 Å². The Hall–Kier alpha value is -1.97. The van der Waals surface area contributed by atoms with Gasteiger partial charge in [-0.3, -0.25) is 4.98 Å². The highest BCUT2D eigenvalue weighted by atomic mass is 16.4. The molecule has 0 aliphatic heterocycles. The van der Waals surface area contributed by atoms with E-state index in [0.717, 1.165) is 5.56 Å². The molecule has 1 heterocycles. The Labute approximate surface area is 86.2 Å². The molecule has 2 N–H and O–H groups in total. The second-order valence-corrected chi connectivity index (χ2v) is 3.21. The summed E-state index contributed by atoms with van der Waals surface area (Å²) in [4.78, 5) is 13.7. The standard InChI is InChI=1S/C11H11NO3/c1-2-9-10(12-11(14)15-9)7-3-5-8(13)6-4-7/h3-6,13H,2H2,1H3,(H,12,14). The van der Waals surface area contributed by atoms with E-state index in [0.29, 0.717) is 17.9 Å². The van der Waals surface area contributed by atoms with Crippen LogP contribution in [-0.2, 0) is 6.42 Å². The minimum absolute atomic E-state index is 0.197. The van der Waals surface area contributed by atoms with Gasteiger partial charge in [0.15, 0.2) is 0 Å². The van der Waals surface area contributed by atoms with Crippen molar-refractivity contribution in [3.8, 4) is 17.0 Å². The van der Waals surface area contributed by atoms with Gasteiger partial charge in [0.2, 0.25) is 0 Å². The van der Waals surface area contributed by atoms with Gasteiger partial charge in [0, 0.05) is 12.0 Å². The topological polar surface area (TPSA) is 66.2 Å². The smallest absolute Gasteiger partial charge is 0.416 e. The number of aryl methyl sites for hydroxylation is 1. The minimum atomic E-state index is -0.449. The van der Waals surface area contributed by atoms with E-state index in [4.69, 9.17) is 9.52 Å². The van der Waals surface area contributed by atoms with Crippen molar-refractivity contribution in [2.45, 2.75) is 13.3 Å². The van der Waals surface area contributed by atoms with Crippen molar-refractivity contribution in [3.63, 3.8) is 0 Å². The molecule has 0 saturated carbocycles. The van der Waals surface area contributed by atoms with E-state index in [-0.39, 0.29) is 5.75 Å². The molecule has 0 spiro atoms. The lowest BCUT2D eigenvalue weighted by molar-refractivity contribution is 0.473. The van der Waals surface area contributed by atoms with E-state index in [1.165, 1.54) is 0 Å². The van der Waals surface area contributed by atoms with Crippen molar-refractivity contribution in [1.82, 2.24) is 4.98 Å². The first-order chi connectivity index (χ1) is 7.20. The lowest BCUT2D eigenvalue weighted by Gasteiger charge is -1.99. The number of phenols is 1. The van der Waals surface area contributed by atoms with E-state index in [9.17, 15) is 4.79 Å². The summed E-state index contributed by atoms with van der Waals surface area (Å²) in [6.07, 6.45) is 0.648. The molecule has 1 aromatic carbocycles. The Morgan fingerprint density at radius 1 is 1.33 bits per heavy atom. The van der Waals surface area contributed by atoms with Gasteiger partial charge in [-0.15, -0.1) is 0 Å². The third-order valence-electron chi connectivity index (χ3n) is 2.20. The maximum absolute atomic E-state index is 11.0. The van der Waals surface area contributed by atoms with Gasteiger partial charge in [0.25, 0.3) is 0 Å². The molecule has 1 aromatic heterocycles. The summed E-state index contributed by atoms with van der Waals surface area (Å²) < 4.78 is 4.97. The third kappa shape index (κ3) is 1.79. The Kier molecular flexibility index (Phi) is 2.33. The first-order valence-corrected chi connectivity index (χ1v) is 4.72. The van der Waals surface area contributed by atoms with Gasteiger partial charge < -0.3 is 9.52 Å². The molecule has 2 rings (SSSR count). The molecule has 0 aliphatic carbocycles. The number of aromatic hydroxyl groups is 1. The van der Waals surface area contributed by atoms with Gasteiger partial charge in [-0.25, -0.2) is 4.79 Å². The van der Waals surface area contributed by atoms with E-state index >= 15 is 0 Å². The van der Waals surface area contributed by atoms with E-state index < -0.39 is 5.76 Å². The number of oxazole rings is 1. The van der Waals surface area contributed by atoms with E-state index in [1.54, 1.807) is 24.3 Å². The van der Waals surface area contributed by atoms with Gasteiger partial charge in [-0.1, -0.05) is 6.92 Å². The first-order valence-electron chi connectivity index (χ1n) is 4.72. The monoisotopic (exact) mass is 205 g/mol. The van der Waals surface area contributed by atoms with Crippen LogP contribution in [0.5, 0.6) is 5.75 Å². The van der Waals surface area contributed by atoms with Crippen molar-refractivity contribution in [2.24, 2.45) is 0 Å². The van der Waals surface area contributed by atoms with Gasteiger partial charge in [0.05, 0.1) is 5.69 Å². The molecule has 15 heavy (non-hydrogen) atoms. The fourth-order valence-electron chi connectivity index (χ4n) is 1.47. The number of aromatic nitrogens is 1. The molecular formula is C11H11NO3. The lowest BCUT2D eigenvalue weighted by Crippen LogP contribution is -1.94. The average molecular weight is 205 g/mol. The molecular weight excluding hydrogens is 194 g/mol. The molecule has 78 valence electrons. The number of hydrogen-bond acceptors (Lipinski definition) is 3. The number of aromatic amines is 1. The van der Waals surface area contributed by atoms with Crippen LogP contribution in [0.4, 0.5) is 0 Å². The number of rotatable bonds is 2. The molecule has 0 radical (unpaired) electrons. The molecule has 0 atom stereocenters. The maximum atomic E-state index is 11.0. The van der Waals surface area contributed by atoms with Crippen molar-refractivity contribution >= 4 is 0 Å². The van der Waals surface area contributed by atoms with Crippen molar-refractivity contribution in [1.29, 1.82) is 0 Å². The van der Waals surface area contributed by atoms with Gasteiger partial charge in [0.1, 0.15) is 11.5 Å². The minimum Gasteiger partial charge on any atom is -0.508 e. The number of hydrogen-bond donors (Lipinski definition) is 2. The van der Waals surface area contributed by atoms with Gasteiger partial charge >= 0.3 is 5.76 Å². The summed E-state index contributed by atoms with van der Waals surface area (Å²) in [5.74, 6) is 0.378. The summed E-state index contributed by atoms with van der Waals surface area (Å²) in [5.41, 5.74) is 1.51. The van der Waals surface area contributed by atoms with Crippen LogP contribution in [0.15, 0.2) is 33.5 Å². The molecule has 2 aromatic rings. The van der Waals surface area contributed by atoms with Gasteiger partial charge in [-0.2, -0.15) is 0 Å². The predicted molar refractivity (Wildman–Crippen MR) is 55.8 cm³/mol. The van der Waals surface area contributed by atoms with Crippen molar-refractivity contribution in [2.75, 3.05) is 0 Å². The fraction of sp³-hybridized carbons (Fsp3) is 0.182. The zero-order valence-corrected chi connectivity index (χ0v) is 8.28. The van der Waals surface area contributed by atoms with Crippen LogP contribution >= 0.6 is 0 Å². The van der Waals surface area contributed by atoms with Crippen LogP contribution in [0.3, 0.4) is 0 Å². The SMILES string of the molecule is CCc1oc(=O)[nH]c1-c1ccc(O)cc1. The molecule has 0 saturated heterocycles. The Morgan fingerprint density at radius 3 is 2.60 bits per heavy atom. The van der Waals surface area contributed by atoms with Crippen LogP contribution in [-0.4, -0.2) is 10.1 Å². The Balaban J connectivity index is 2.53. The van der Waals surface area contributed by atoms with E-state index in [1.807, 2.05) is 6.92 Å². The van der Waals surface area contributed by atoms with Crippen molar-refractivity contribution in [3.05, 3.63) is 40.6 Å². The summed E-state index contributed by atoms with van der Waals surface area (Å²) in [6, 6.07) is 6.60. The summed E-state index contributed by atoms with van der Waals surface area (Å²) >= 11 is 0. The van der Waals surface area contributed by atoms with Crippen LogP contribution in [0.25, 0.3) is 11.3 Å². The predicted octanol–water partition coefficient (Wildman–Crippen LogP) is 1.90. The van der Waals surface area contributed by atoms with Crippen LogP contribution in [0.1, 0.15) is 12.7 Å². The average Bonchev–Trinajstić information content (AvgIpc) is 2.61. The Bertz CT molecular complexity index is 507. The number of phenolic OH excluding ortho intramolecular Hbond substituents is 1. The van der Waals surface area contributed by atoms with Crippen LogP contribution in [0.2, 0.25) is 0 Å². The number of H-pyrrole nitrogens is 1. The Morgan fingerprint density at radius 2 is 2.00 bits per heavy atom. The largest absolute Gasteiger partial charge is 0.508 e. The molecule has 4 heteroatoms. The maximum Gasteiger partial charge on any atom is 0.416 e.